The molecule has 2 aromatic rings. The van der Waals surface area contributed by atoms with Gasteiger partial charge in [-0.1, -0.05) is 0 Å². The lowest BCUT2D eigenvalue weighted by Crippen LogP contribution is -2.51. The molecular weight excluding hydrogens is 412 g/mol. The van der Waals surface area contributed by atoms with Gasteiger partial charge in [-0.15, -0.1) is 0 Å². The van der Waals surface area contributed by atoms with Crippen LogP contribution in [0.3, 0.4) is 0 Å². The van der Waals surface area contributed by atoms with E-state index in [2.05, 4.69) is 10.2 Å². The summed E-state index contributed by atoms with van der Waals surface area (Å²) in [4.78, 5) is 46.2. The van der Waals surface area contributed by atoms with Gasteiger partial charge in [-0.05, 0) is 25.1 Å². The van der Waals surface area contributed by atoms with E-state index >= 15 is 0 Å². The fourth-order valence-electron chi connectivity index (χ4n) is 3.71. The molecule has 1 aromatic heterocycles. The van der Waals surface area contributed by atoms with E-state index in [1.807, 2.05) is 29.8 Å². The zero-order valence-electron chi connectivity index (χ0n) is 19.3. The van der Waals surface area contributed by atoms with Crippen LogP contribution in [-0.4, -0.2) is 95.6 Å². The number of carbonyl (C=O) groups is 3. The van der Waals surface area contributed by atoms with Gasteiger partial charge >= 0.3 is 12.0 Å². The summed E-state index contributed by atoms with van der Waals surface area (Å²) in [6.07, 6.45) is 0.175. The van der Waals surface area contributed by atoms with Gasteiger partial charge in [0.05, 0.1) is 30.6 Å². The summed E-state index contributed by atoms with van der Waals surface area (Å²) < 4.78 is 6.91. The summed E-state index contributed by atoms with van der Waals surface area (Å²) in [5.41, 5.74) is 2.40. The van der Waals surface area contributed by atoms with Crippen molar-refractivity contribution in [2.75, 3.05) is 53.4 Å². The third kappa shape index (κ3) is 5.56. The van der Waals surface area contributed by atoms with Crippen LogP contribution in [-0.2, 0) is 23.1 Å². The van der Waals surface area contributed by atoms with Gasteiger partial charge in [0.2, 0.25) is 0 Å². The highest BCUT2D eigenvalue weighted by molar-refractivity contribution is 5.97. The summed E-state index contributed by atoms with van der Waals surface area (Å²) in [6, 6.07) is 5.44. The van der Waals surface area contributed by atoms with Crippen LogP contribution in [0.1, 0.15) is 29.5 Å². The Bertz CT molecular complexity index is 978. The van der Waals surface area contributed by atoms with Gasteiger partial charge in [-0.2, -0.15) is 0 Å². The minimum Gasteiger partial charge on any atom is -0.466 e. The average molecular weight is 445 g/mol. The molecular formula is C22H32N6O4. The molecule has 32 heavy (non-hydrogen) atoms. The van der Waals surface area contributed by atoms with Crippen LogP contribution in [0, 0.1) is 0 Å². The maximum atomic E-state index is 12.3. The van der Waals surface area contributed by atoms with Crippen molar-refractivity contribution in [3.8, 4) is 0 Å². The van der Waals surface area contributed by atoms with Crippen LogP contribution >= 0.6 is 0 Å². The smallest absolute Gasteiger partial charge is 0.317 e. The van der Waals surface area contributed by atoms with E-state index in [-0.39, 0.29) is 30.9 Å². The first kappa shape index (κ1) is 23.5. The Morgan fingerprint density at radius 2 is 1.88 bits per heavy atom. The largest absolute Gasteiger partial charge is 0.466 e. The molecule has 0 radical (unpaired) electrons. The van der Waals surface area contributed by atoms with Gasteiger partial charge in [-0.3, -0.25) is 14.5 Å². The van der Waals surface area contributed by atoms with E-state index in [0.717, 1.165) is 29.9 Å². The maximum Gasteiger partial charge on any atom is 0.317 e. The molecule has 3 rings (SSSR count). The Hall–Kier alpha value is -3.14. The Morgan fingerprint density at radius 1 is 1.16 bits per heavy atom. The fraction of sp³-hybridized carbons (Fsp3) is 0.545. The van der Waals surface area contributed by atoms with E-state index in [4.69, 9.17) is 9.72 Å². The molecule has 0 saturated carbocycles. The lowest BCUT2D eigenvalue weighted by molar-refractivity contribution is -0.142. The molecule has 174 valence electrons. The second-order valence-electron chi connectivity index (χ2n) is 8.04. The number of benzene rings is 1. The minimum absolute atomic E-state index is 0.0456. The number of aromatic nitrogens is 2. The Balaban J connectivity index is 1.53. The molecule has 0 bridgehead atoms. The number of carbonyl (C=O) groups excluding carboxylic acids is 3. The molecule has 10 heteroatoms. The summed E-state index contributed by atoms with van der Waals surface area (Å²) in [7, 11) is 5.44. The van der Waals surface area contributed by atoms with E-state index in [0.29, 0.717) is 31.8 Å². The molecule has 0 atom stereocenters. The van der Waals surface area contributed by atoms with Crippen molar-refractivity contribution >= 4 is 28.9 Å². The molecule has 1 fully saturated rings. The number of esters is 1. The zero-order chi connectivity index (χ0) is 23.3. The van der Waals surface area contributed by atoms with Gasteiger partial charge in [0.1, 0.15) is 5.82 Å². The Morgan fingerprint density at radius 3 is 2.53 bits per heavy atom. The normalized spacial score (nSPS) is 14.4. The number of amides is 3. The first-order valence-electron chi connectivity index (χ1n) is 10.9. The first-order chi connectivity index (χ1) is 15.3. The molecule has 0 spiro atoms. The number of nitrogens with zero attached hydrogens (tertiary/aromatic N) is 5. The number of ether oxygens (including phenoxy) is 1. The summed E-state index contributed by atoms with van der Waals surface area (Å²) >= 11 is 0. The molecule has 10 nitrogen and oxygen atoms in total. The molecule has 2 heterocycles. The topological polar surface area (TPSA) is 100 Å². The van der Waals surface area contributed by atoms with Gasteiger partial charge in [0.25, 0.3) is 5.91 Å². The van der Waals surface area contributed by atoms with Crippen LogP contribution in [0.25, 0.3) is 11.0 Å². The van der Waals surface area contributed by atoms with Crippen molar-refractivity contribution in [2.45, 2.75) is 19.9 Å². The monoisotopic (exact) mass is 444 g/mol. The zero-order valence-corrected chi connectivity index (χ0v) is 19.3. The standard InChI is InChI=1S/C22H32N6O4/c1-5-32-20(29)8-9-23-22(31)28-12-10-27(11-13-28)15-19-24-17-14-16(21(30)25(2)3)6-7-18(17)26(19)4/h6-7,14H,5,8-13,15H2,1-4H3,(H,23,31). The number of piperazine rings is 1. The van der Waals surface area contributed by atoms with Crippen molar-refractivity contribution in [2.24, 2.45) is 7.05 Å². The maximum absolute atomic E-state index is 12.3. The highest BCUT2D eigenvalue weighted by Gasteiger charge is 2.22. The Kier molecular flexibility index (Phi) is 7.68. The third-order valence-corrected chi connectivity index (χ3v) is 5.56. The number of urea groups is 1. The molecule has 1 N–H and O–H groups in total. The average Bonchev–Trinajstić information content (AvgIpc) is 3.08. The lowest BCUT2D eigenvalue weighted by Gasteiger charge is -2.34. The number of aryl methyl sites for hydroxylation is 1. The quantitative estimate of drug-likeness (QED) is 0.641. The van der Waals surface area contributed by atoms with Crippen LogP contribution in [0.2, 0.25) is 0 Å². The minimum atomic E-state index is -0.307. The molecule has 1 aliphatic heterocycles. The Labute approximate surface area is 188 Å². The number of hydrogen-bond acceptors (Lipinski definition) is 6. The predicted octanol–water partition coefficient (Wildman–Crippen LogP) is 1.06. The number of imidazole rings is 1. The molecule has 1 aliphatic rings. The summed E-state index contributed by atoms with van der Waals surface area (Å²) in [6.45, 7) is 5.73. The van der Waals surface area contributed by atoms with Gasteiger partial charge in [0.15, 0.2) is 0 Å². The van der Waals surface area contributed by atoms with Gasteiger partial charge in [-0.25, -0.2) is 9.78 Å². The number of fused-ring (bicyclic) bond motifs is 1. The van der Waals surface area contributed by atoms with E-state index in [9.17, 15) is 14.4 Å². The lowest BCUT2D eigenvalue weighted by atomic mass is 10.2. The first-order valence-corrected chi connectivity index (χ1v) is 10.9. The van der Waals surface area contributed by atoms with E-state index in [1.165, 1.54) is 0 Å². The third-order valence-electron chi connectivity index (χ3n) is 5.56. The summed E-state index contributed by atoms with van der Waals surface area (Å²) in [5.74, 6) is 0.566. The van der Waals surface area contributed by atoms with Crippen molar-refractivity contribution in [1.82, 2.24) is 29.6 Å². The van der Waals surface area contributed by atoms with E-state index in [1.54, 1.807) is 30.8 Å². The van der Waals surface area contributed by atoms with Crippen LogP contribution in [0.4, 0.5) is 4.79 Å². The number of rotatable bonds is 7. The molecule has 0 unspecified atom stereocenters. The van der Waals surface area contributed by atoms with Crippen LogP contribution in [0.5, 0.6) is 0 Å². The molecule has 1 saturated heterocycles. The van der Waals surface area contributed by atoms with E-state index < -0.39 is 0 Å². The van der Waals surface area contributed by atoms with Crippen molar-refractivity contribution in [1.29, 1.82) is 0 Å². The van der Waals surface area contributed by atoms with Crippen molar-refractivity contribution < 1.29 is 19.1 Å². The highest BCUT2D eigenvalue weighted by Crippen LogP contribution is 2.19. The molecule has 1 aromatic carbocycles. The number of nitrogens with one attached hydrogen (secondary N) is 1. The van der Waals surface area contributed by atoms with Gasteiger partial charge < -0.3 is 24.4 Å². The summed E-state index contributed by atoms with van der Waals surface area (Å²) in [5, 5.41) is 2.78. The van der Waals surface area contributed by atoms with Crippen LogP contribution in [0.15, 0.2) is 18.2 Å². The van der Waals surface area contributed by atoms with Crippen molar-refractivity contribution in [3.63, 3.8) is 0 Å². The predicted molar refractivity (Wildman–Crippen MR) is 120 cm³/mol. The van der Waals surface area contributed by atoms with Crippen molar-refractivity contribution in [3.05, 3.63) is 29.6 Å². The highest BCUT2D eigenvalue weighted by atomic mass is 16.5. The fourth-order valence-corrected chi connectivity index (χ4v) is 3.71. The number of hydrogen-bond donors (Lipinski definition) is 1. The molecule has 0 aliphatic carbocycles. The SMILES string of the molecule is CCOC(=O)CCNC(=O)N1CCN(Cc2nc3cc(C(=O)N(C)C)ccc3n2C)CC1. The van der Waals surface area contributed by atoms with Crippen LogP contribution < -0.4 is 5.32 Å². The second kappa shape index (κ2) is 10.4. The second-order valence-corrected chi connectivity index (χ2v) is 8.04. The van der Waals surface area contributed by atoms with Gasteiger partial charge in [0, 0.05) is 59.4 Å². The molecule has 3 amide bonds.